The third-order valence-corrected chi connectivity index (χ3v) is 3.93. The molecule has 4 rings (SSSR count). The first-order valence-electron chi connectivity index (χ1n) is 6.64. The van der Waals surface area contributed by atoms with Gasteiger partial charge in [-0.15, -0.1) is 0 Å². The number of benzene rings is 4. The molecule has 0 unspecified atom stereocenters. The molecule has 0 spiro atoms. The van der Waals surface area contributed by atoms with Crippen LogP contribution in [0.4, 0.5) is 0 Å². The van der Waals surface area contributed by atoms with Crippen LogP contribution in [0, 0.1) is 0 Å². The Hall–Kier alpha value is -0.639. The molecule has 0 N–H and O–H groups in total. The summed E-state index contributed by atoms with van der Waals surface area (Å²) in [5.41, 5.74) is 1.35. The van der Waals surface area contributed by atoms with E-state index in [0.717, 1.165) is 0 Å². The molecule has 0 aliphatic carbocycles. The third kappa shape index (κ3) is 2.26. The van der Waals surface area contributed by atoms with E-state index in [9.17, 15) is 0 Å². The predicted octanol–water partition coefficient (Wildman–Crippen LogP) is 2.76. The fourth-order valence-corrected chi connectivity index (χ4v) is 2.99. The summed E-state index contributed by atoms with van der Waals surface area (Å²) < 4.78 is 0. The van der Waals surface area contributed by atoms with Crippen molar-refractivity contribution in [2.75, 3.05) is 0 Å². The molecule has 0 atom stereocenters. The number of fused-ring (bicyclic) bond motifs is 4. The van der Waals surface area contributed by atoms with Crippen LogP contribution in [0.2, 0.25) is 0 Å². The number of hydrogen-bond acceptors (Lipinski definition) is 0. The van der Waals surface area contributed by atoms with E-state index >= 15 is 0 Å². The average Bonchev–Trinajstić information content (AvgIpc) is 2.45. The molecular formula is C18H14BK. The Balaban J connectivity index is 0.00000121. The van der Waals surface area contributed by atoms with Crippen LogP contribution in [0.5, 0.6) is 0 Å². The van der Waals surface area contributed by atoms with Crippen molar-refractivity contribution < 1.29 is 0 Å². The van der Waals surface area contributed by atoms with Crippen LogP contribution in [0.25, 0.3) is 32.3 Å². The topological polar surface area (TPSA) is 0 Å². The monoisotopic (exact) mass is 280 g/mol. The molecule has 0 aromatic heterocycles. The van der Waals surface area contributed by atoms with Gasteiger partial charge in [-0.05, 0) is 44.5 Å². The van der Waals surface area contributed by atoms with Crippen LogP contribution in [0.3, 0.4) is 0 Å². The van der Waals surface area contributed by atoms with Crippen LogP contribution in [0.1, 0.15) is 0 Å². The van der Waals surface area contributed by atoms with Crippen molar-refractivity contribution in [3.05, 3.63) is 66.7 Å². The Labute approximate surface area is 162 Å². The maximum absolute atomic E-state index is 2.32. The molecule has 0 bridgehead atoms. The Morgan fingerprint density at radius 2 is 1.25 bits per heavy atom. The van der Waals surface area contributed by atoms with Crippen LogP contribution < -0.4 is 5.46 Å². The fourth-order valence-electron chi connectivity index (χ4n) is 2.99. The minimum atomic E-state index is 0. The van der Waals surface area contributed by atoms with E-state index in [-0.39, 0.29) is 51.4 Å². The summed E-state index contributed by atoms with van der Waals surface area (Å²) in [5, 5.41) is 8.00. The molecule has 4 aromatic carbocycles. The van der Waals surface area contributed by atoms with E-state index in [1.807, 2.05) is 0 Å². The Morgan fingerprint density at radius 3 is 2.05 bits per heavy atom. The van der Waals surface area contributed by atoms with Gasteiger partial charge in [0, 0.05) is 0 Å². The van der Waals surface area contributed by atoms with E-state index in [1.54, 1.807) is 0 Å². The second-order valence-electron chi connectivity index (χ2n) is 5.16. The summed E-state index contributed by atoms with van der Waals surface area (Å²) in [6, 6.07) is 24.1. The Bertz CT molecular complexity index is 928. The molecule has 0 nitrogen and oxygen atoms in total. The summed E-state index contributed by atoms with van der Waals surface area (Å²) in [6.45, 7) is 0. The molecule has 2 heteroatoms. The SMILES string of the molecule is Bc1cccc2ccc3cc4ccccc4cc3c12.[KH]. The number of rotatable bonds is 0. The Kier molecular flexibility index (Phi) is 4.02. The quantitative estimate of drug-likeness (QED) is 0.264. The zero-order chi connectivity index (χ0) is 12.8. The molecule has 0 saturated carbocycles. The molecule has 0 radical (unpaired) electrons. The van der Waals surface area contributed by atoms with Gasteiger partial charge < -0.3 is 0 Å². The molecule has 90 valence electrons. The van der Waals surface area contributed by atoms with Gasteiger partial charge in [0.05, 0.1) is 0 Å². The molecule has 0 saturated heterocycles. The second kappa shape index (κ2) is 5.63. The minimum absolute atomic E-state index is 0. The van der Waals surface area contributed by atoms with Crippen molar-refractivity contribution in [2.24, 2.45) is 0 Å². The van der Waals surface area contributed by atoms with Gasteiger partial charge >= 0.3 is 51.4 Å². The molecule has 0 amide bonds. The molecule has 0 aliphatic rings. The zero-order valence-electron chi connectivity index (χ0n) is 10.9. The van der Waals surface area contributed by atoms with Crippen LogP contribution in [-0.4, -0.2) is 59.2 Å². The van der Waals surface area contributed by atoms with E-state index in [0.29, 0.717) is 0 Å². The number of hydrogen-bond donors (Lipinski definition) is 0. The summed E-state index contributed by atoms with van der Waals surface area (Å²) >= 11 is 0. The van der Waals surface area contributed by atoms with E-state index in [2.05, 4.69) is 74.6 Å². The molecule has 0 heterocycles. The van der Waals surface area contributed by atoms with Gasteiger partial charge in [-0.1, -0.05) is 60.1 Å². The molecule has 4 aromatic rings. The molecule has 20 heavy (non-hydrogen) atoms. The van der Waals surface area contributed by atoms with Crippen LogP contribution >= 0.6 is 0 Å². The standard InChI is InChI=1S/C18H13B.K.H/c19-17-7-3-6-12-8-9-15-10-13-4-1-2-5-14(13)11-16(15)18(12)17;;/h1-11H,19H2;;. The van der Waals surface area contributed by atoms with Gasteiger partial charge in [0.1, 0.15) is 7.85 Å². The summed E-state index contributed by atoms with van der Waals surface area (Å²) in [6.07, 6.45) is 0. The third-order valence-electron chi connectivity index (χ3n) is 3.93. The summed E-state index contributed by atoms with van der Waals surface area (Å²) in [7, 11) is 2.19. The normalized spacial score (nSPS) is 10.8. The zero-order valence-corrected chi connectivity index (χ0v) is 10.9. The first-order chi connectivity index (χ1) is 9.33. The van der Waals surface area contributed by atoms with Crippen molar-refractivity contribution in [2.45, 2.75) is 0 Å². The van der Waals surface area contributed by atoms with Crippen LogP contribution in [0.15, 0.2) is 66.7 Å². The van der Waals surface area contributed by atoms with Crippen molar-refractivity contribution in [1.29, 1.82) is 0 Å². The van der Waals surface area contributed by atoms with Gasteiger partial charge in [0.25, 0.3) is 0 Å². The predicted molar refractivity (Wildman–Crippen MR) is 94.3 cm³/mol. The summed E-state index contributed by atoms with van der Waals surface area (Å²) in [4.78, 5) is 0. The van der Waals surface area contributed by atoms with Crippen molar-refractivity contribution in [1.82, 2.24) is 0 Å². The Morgan fingerprint density at radius 1 is 0.600 bits per heavy atom. The first kappa shape index (κ1) is 14.3. The average molecular weight is 280 g/mol. The van der Waals surface area contributed by atoms with E-state index in [4.69, 9.17) is 0 Å². The first-order valence-corrected chi connectivity index (χ1v) is 6.64. The van der Waals surface area contributed by atoms with Gasteiger partial charge in [-0.2, -0.15) is 0 Å². The molecular weight excluding hydrogens is 266 g/mol. The summed E-state index contributed by atoms with van der Waals surface area (Å²) in [5.74, 6) is 0. The van der Waals surface area contributed by atoms with Crippen molar-refractivity contribution in [3.8, 4) is 0 Å². The molecule has 0 aliphatic heterocycles. The fraction of sp³-hybridized carbons (Fsp3) is 0. The van der Waals surface area contributed by atoms with Crippen molar-refractivity contribution in [3.63, 3.8) is 0 Å². The van der Waals surface area contributed by atoms with Crippen LogP contribution in [-0.2, 0) is 0 Å². The van der Waals surface area contributed by atoms with Crippen molar-refractivity contribution >= 4 is 97.0 Å². The van der Waals surface area contributed by atoms with E-state index < -0.39 is 0 Å². The van der Waals surface area contributed by atoms with E-state index in [1.165, 1.54) is 37.8 Å². The van der Waals surface area contributed by atoms with Gasteiger partial charge in [-0.25, -0.2) is 0 Å². The van der Waals surface area contributed by atoms with Gasteiger partial charge in [-0.3, -0.25) is 0 Å². The van der Waals surface area contributed by atoms with Gasteiger partial charge in [0.2, 0.25) is 0 Å². The second-order valence-corrected chi connectivity index (χ2v) is 5.16. The maximum atomic E-state index is 2.32. The van der Waals surface area contributed by atoms with Gasteiger partial charge in [0.15, 0.2) is 0 Å². The molecule has 0 fully saturated rings.